The molecule has 1 aliphatic carbocycles. The molecule has 0 heterocycles. The molecule has 1 N–H and O–H groups in total. The number of hydrogen-bond donors (Lipinski definition) is 1. The Morgan fingerprint density at radius 3 is 2.34 bits per heavy atom. The molecular weight excluding hydrogens is 380 g/mol. The van der Waals surface area contributed by atoms with E-state index >= 15 is 0 Å². The molecule has 2 aromatic rings. The topological polar surface area (TPSA) is 63.6 Å². The predicted molar refractivity (Wildman–Crippen MR) is 118 cm³/mol. The molecule has 0 saturated heterocycles. The van der Waals surface area contributed by atoms with Gasteiger partial charge in [-0.25, -0.2) is 0 Å². The summed E-state index contributed by atoms with van der Waals surface area (Å²) >= 11 is 0. The molecule has 0 spiro atoms. The highest BCUT2D eigenvalue weighted by molar-refractivity contribution is 6.49. The Kier molecular flexibility index (Phi) is 5.47. The smallest absolute Gasteiger partial charge is 0.318 e. The van der Waals surface area contributed by atoms with Crippen LogP contribution in [0.15, 0.2) is 42.5 Å². The minimum atomic E-state index is -1.51. The fourth-order valence-electron chi connectivity index (χ4n) is 4.36. The van der Waals surface area contributed by atoms with Crippen LogP contribution >= 0.6 is 0 Å². The standard InChI is InChI=1S/C24H30O4Si/c1-7-24(22(26)27)20(16-10-8-9-11-17(16)21(24)25)18-13-12-15(23(2,3)4)14-19(18)28-29(5)6/h8-14,20,29H,7H2,1-6H3,(H,26,27). The summed E-state index contributed by atoms with van der Waals surface area (Å²) in [7, 11) is -1.45. The SMILES string of the molecule is CCC1(C(=O)O)C(=O)c2ccccc2C1c1ccc(C(C)(C)C)cc1O[SiH](C)C. The molecule has 154 valence electrons. The van der Waals surface area contributed by atoms with Gasteiger partial charge in [0, 0.05) is 17.0 Å². The summed E-state index contributed by atoms with van der Waals surface area (Å²) < 4.78 is 6.30. The summed E-state index contributed by atoms with van der Waals surface area (Å²) in [4.78, 5) is 25.8. The summed E-state index contributed by atoms with van der Waals surface area (Å²) in [6.07, 6.45) is 0.222. The number of hydrogen-bond acceptors (Lipinski definition) is 3. The van der Waals surface area contributed by atoms with Crippen molar-refractivity contribution in [2.75, 3.05) is 0 Å². The van der Waals surface area contributed by atoms with Crippen LogP contribution in [0.2, 0.25) is 13.1 Å². The van der Waals surface area contributed by atoms with Crippen LogP contribution in [0.5, 0.6) is 5.75 Å². The van der Waals surface area contributed by atoms with Crippen LogP contribution in [0.3, 0.4) is 0 Å². The third-order valence-corrected chi connectivity index (χ3v) is 6.63. The molecule has 29 heavy (non-hydrogen) atoms. The fourth-order valence-corrected chi connectivity index (χ4v) is 5.07. The first kappa shape index (κ1) is 21.3. The van der Waals surface area contributed by atoms with Crippen LogP contribution in [0.1, 0.15) is 67.1 Å². The molecule has 0 aliphatic heterocycles. The summed E-state index contributed by atoms with van der Waals surface area (Å²) in [6.45, 7) is 12.4. The van der Waals surface area contributed by atoms with E-state index in [1.165, 1.54) is 0 Å². The second-order valence-corrected chi connectivity index (χ2v) is 11.5. The van der Waals surface area contributed by atoms with Gasteiger partial charge in [-0.1, -0.05) is 64.1 Å². The van der Waals surface area contributed by atoms with Crippen molar-refractivity contribution >= 4 is 20.8 Å². The van der Waals surface area contributed by atoms with Gasteiger partial charge in [0.05, 0.1) is 0 Å². The van der Waals surface area contributed by atoms with Crippen molar-refractivity contribution in [2.45, 2.75) is 58.5 Å². The molecule has 0 fully saturated rings. The third kappa shape index (κ3) is 3.42. The highest BCUT2D eigenvalue weighted by Gasteiger charge is 2.58. The number of rotatable bonds is 5. The van der Waals surface area contributed by atoms with Crippen molar-refractivity contribution in [3.63, 3.8) is 0 Å². The Balaban J connectivity index is 2.31. The van der Waals surface area contributed by atoms with E-state index in [2.05, 4.69) is 33.9 Å². The van der Waals surface area contributed by atoms with Crippen LogP contribution in [-0.2, 0) is 10.2 Å². The predicted octanol–water partition coefficient (Wildman–Crippen LogP) is 5.16. The molecule has 5 heteroatoms. The molecule has 0 radical (unpaired) electrons. The van der Waals surface area contributed by atoms with Gasteiger partial charge in [-0.05, 0) is 42.1 Å². The summed E-state index contributed by atoms with van der Waals surface area (Å²) in [5, 5.41) is 10.2. The van der Waals surface area contributed by atoms with Gasteiger partial charge in [0.15, 0.2) is 5.78 Å². The number of carbonyl (C=O) groups excluding carboxylic acids is 1. The van der Waals surface area contributed by atoms with Crippen molar-refractivity contribution in [1.82, 2.24) is 0 Å². The quantitative estimate of drug-likeness (QED) is 0.546. The van der Waals surface area contributed by atoms with E-state index in [0.717, 1.165) is 16.7 Å². The van der Waals surface area contributed by atoms with Gasteiger partial charge < -0.3 is 9.53 Å². The first-order valence-corrected chi connectivity index (χ1v) is 13.0. The Labute approximate surface area is 174 Å². The average Bonchev–Trinajstić information content (AvgIpc) is 2.90. The molecule has 2 aromatic carbocycles. The minimum Gasteiger partial charge on any atom is -0.547 e. The van der Waals surface area contributed by atoms with Gasteiger partial charge in [-0.15, -0.1) is 0 Å². The zero-order chi connectivity index (χ0) is 21.6. The van der Waals surface area contributed by atoms with Gasteiger partial charge in [-0.3, -0.25) is 9.59 Å². The second-order valence-electron chi connectivity index (χ2n) is 9.15. The maximum absolute atomic E-state index is 13.3. The molecule has 0 amide bonds. The molecular formula is C24H30O4Si. The first-order valence-electron chi connectivity index (χ1n) is 10.2. The zero-order valence-corrected chi connectivity index (χ0v) is 19.2. The first-order chi connectivity index (χ1) is 13.5. The lowest BCUT2D eigenvalue weighted by Crippen LogP contribution is -2.40. The van der Waals surface area contributed by atoms with E-state index in [9.17, 15) is 14.7 Å². The van der Waals surface area contributed by atoms with Crippen molar-refractivity contribution in [2.24, 2.45) is 5.41 Å². The highest BCUT2D eigenvalue weighted by atomic mass is 28.3. The largest absolute Gasteiger partial charge is 0.547 e. The van der Waals surface area contributed by atoms with Gasteiger partial charge in [0.25, 0.3) is 0 Å². The van der Waals surface area contributed by atoms with Crippen molar-refractivity contribution < 1.29 is 19.1 Å². The Morgan fingerprint density at radius 2 is 1.79 bits per heavy atom. The normalized spacial score (nSPS) is 21.3. The maximum Gasteiger partial charge on any atom is 0.318 e. The molecule has 0 bridgehead atoms. The number of fused-ring (bicyclic) bond motifs is 1. The fraction of sp³-hybridized carbons (Fsp3) is 0.417. The summed E-state index contributed by atoms with van der Waals surface area (Å²) in [6, 6.07) is 13.3. The molecule has 0 saturated carbocycles. The van der Waals surface area contributed by atoms with Gasteiger partial charge in [0.2, 0.25) is 9.04 Å². The van der Waals surface area contributed by atoms with E-state index in [1.54, 1.807) is 19.1 Å². The lowest BCUT2D eigenvalue weighted by Gasteiger charge is -2.32. The molecule has 3 rings (SSSR count). The molecule has 2 atom stereocenters. The van der Waals surface area contributed by atoms with Crippen LogP contribution in [0.4, 0.5) is 0 Å². The van der Waals surface area contributed by atoms with E-state index < -0.39 is 26.3 Å². The Bertz CT molecular complexity index is 958. The lowest BCUT2D eigenvalue weighted by atomic mass is 9.69. The van der Waals surface area contributed by atoms with Crippen LogP contribution in [-0.4, -0.2) is 25.9 Å². The average molecular weight is 411 g/mol. The van der Waals surface area contributed by atoms with E-state index in [1.807, 2.05) is 30.3 Å². The summed E-state index contributed by atoms with van der Waals surface area (Å²) in [5.74, 6) is -1.22. The Morgan fingerprint density at radius 1 is 1.14 bits per heavy atom. The number of carbonyl (C=O) groups is 2. The van der Waals surface area contributed by atoms with Crippen molar-refractivity contribution in [3.05, 3.63) is 64.7 Å². The number of benzene rings is 2. The number of Topliss-reactive ketones (excluding diaryl/α,β-unsaturated/α-hetero) is 1. The monoisotopic (exact) mass is 410 g/mol. The van der Waals surface area contributed by atoms with Gasteiger partial charge in [-0.2, -0.15) is 0 Å². The van der Waals surface area contributed by atoms with Crippen molar-refractivity contribution in [1.29, 1.82) is 0 Å². The second kappa shape index (κ2) is 7.45. The van der Waals surface area contributed by atoms with E-state index in [-0.39, 0.29) is 17.6 Å². The molecule has 0 aromatic heterocycles. The maximum atomic E-state index is 13.3. The van der Waals surface area contributed by atoms with Crippen LogP contribution < -0.4 is 4.43 Å². The minimum absolute atomic E-state index is 0.0623. The Hall–Kier alpha value is -2.40. The molecule has 2 unspecified atom stereocenters. The van der Waals surface area contributed by atoms with Crippen molar-refractivity contribution in [3.8, 4) is 5.75 Å². The van der Waals surface area contributed by atoms with Crippen LogP contribution in [0, 0.1) is 5.41 Å². The lowest BCUT2D eigenvalue weighted by molar-refractivity contribution is -0.146. The van der Waals surface area contributed by atoms with Crippen LogP contribution in [0.25, 0.3) is 0 Å². The number of carboxylic acid groups (broad SMARTS) is 1. The zero-order valence-electron chi connectivity index (χ0n) is 18.1. The number of carboxylic acids is 1. The highest BCUT2D eigenvalue weighted by Crippen LogP contribution is 2.55. The number of ketones is 1. The third-order valence-electron chi connectivity index (χ3n) is 5.91. The summed E-state index contributed by atoms with van der Waals surface area (Å²) in [5.41, 5.74) is 1.63. The van der Waals surface area contributed by atoms with E-state index in [0.29, 0.717) is 11.3 Å². The molecule has 4 nitrogen and oxygen atoms in total. The molecule has 1 aliphatic rings. The van der Waals surface area contributed by atoms with Gasteiger partial charge >= 0.3 is 5.97 Å². The van der Waals surface area contributed by atoms with Gasteiger partial charge in [0.1, 0.15) is 11.2 Å². The van der Waals surface area contributed by atoms with E-state index in [4.69, 9.17) is 4.43 Å². The number of aliphatic carboxylic acids is 1.